The molecule has 20 heavy (non-hydrogen) atoms. The van der Waals surface area contributed by atoms with Crippen molar-refractivity contribution < 1.29 is 8.42 Å². The van der Waals surface area contributed by atoms with E-state index in [-0.39, 0.29) is 11.8 Å². The zero-order valence-corrected chi connectivity index (χ0v) is 13.5. The van der Waals surface area contributed by atoms with Crippen molar-refractivity contribution >= 4 is 26.0 Å². The fraction of sp³-hybridized carbons (Fsp3) is 0.200. The molecular formula is C15H16BrNO2S. The Labute approximate surface area is 128 Å². The number of rotatable bonds is 5. The SMILES string of the molecule is CC(NS(=O)(=O)Cc1ccccc1)c1ccccc1Br. The summed E-state index contributed by atoms with van der Waals surface area (Å²) in [6.45, 7) is 1.84. The standard InChI is InChI=1S/C15H16BrNO2S/c1-12(14-9-5-6-10-15(14)16)17-20(18,19)11-13-7-3-2-4-8-13/h2-10,12,17H,11H2,1H3. The van der Waals surface area contributed by atoms with Gasteiger partial charge in [-0.25, -0.2) is 13.1 Å². The lowest BCUT2D eigenvalue weighted by Gasteiger charge is -2.16. The number of hydrogen-bond acceptors (Lipinski definition) is 2. The van der Waals surface area contributed by atoms with Crippen LogP contribution in [0, 0.1) is 0 Å². The van der Waals surface area contributed by atoms with Crippen LogP contribution in [0.5, 0.6) is 0 Å². The Morgan fingerprint density at radius 3 is 2.30 bits per heavy atom. The van der Waals surface area contributed by atoms with Crippen LogP contribution < -0.4 is 4.72 Å². The summed E-state index contributed by atoms with van der Waals surface area (Å²) in [5, 5.41) is 0. The molecule has 106 valence electrons. The monoisotopic (exact) mass is 353 g/mol. The Balaban J connectivity index is 2.11. The number of benzene rings is 2. The summed E-state index contributed by atoms with van der Waals surface area (Å²) in [4.78, 5) is 0. The third kappa shape index (κ3) is 4.16. The van der Waals surface area contributed by atoms with Crippen LogP contribution in [-0.2, 0) is 15.8 Å². The first-order valence-electron chi connectivity index (χ1n) is 6.26. The maximum atomic E-state index is 12.2. The molecule has 3 nitrogen and oxygen atoms in total. The third-order valence-electron chi connectivity index (χ3n) is 2.93. The van der Waals surface area contributed by atoms with Crippen molar-refractivity contribution in [2.24, 2.45) is 0 Å². The Bertz CT molecular complexity index is 671. The van der Waals surface area contributed by atoms with Crippen molar-refractivity contribution in [2.45, 2.75) is 18.7 Å². The van der Waals surface area contributed by atoms with Gasteiger partial charge in [-0.2, -0.15) is 0 Å². The van der Waals surface area contributed by atoms with Crippen molar-refractivity contribution in [1.82, 2.24) is 4.72 Å². The molecule has 2 aromatic carbocycles. The average molecular weight is 354 g/mol. The van der Waals surface area contributed by atoms with Crippen LogP contribution in [0.15, 0.2) is 59.1 Å². The average Bonchev–Trinajstić information content (AvgIpc) is 2.39. The molecule has 0 amide bonds. The van der Waals surface area contributed by atoms with Gasteiger partial charge >= 0.3 is 0 Å². The summed E-state index contributed by atoms with van der Waals surface area (Å²) in [5.41, 5.74) is 1.70. The smallest absolute Gasteiger partial charge is 0.212 e. The van der Waals surface area contributed by atoms with Crippen molar-refractivity contribution in [1.29, 1.82) is 0 Å². The van der Waals surface area contributed by atoms with E-state index in [2.05, 4.69) is 20.7 Å². The van der Waals surface area contributed by atoms with Gasteiger partial charge < -0.3 is 0 Å². The molecule has 2 rings (SSSR count). The van der Waals surface area contributed by atoms with Gasteiger partial charge in [0.05, 0.1) is 5.75 Å². The van der Waals surface area contributed by atoms with Crippen molar-refractivity contribution in [2.75, 3.05) is 0 Å². The van der Waals surface area contributed by atoms with Gasteiger partial charge in [-0.3, -0.25) is 0 Å². The van der Waals surface area contributed by atoms with Gasteiger partial charge in [0.1, 0.15) is 0 Å². The Morgan fingerprint density at radius 2 is 1.65 bits per heavy atom. The molecule has 0 aliphatic carbocycles. The summed E-state index contributed by atoms with van der Waals surface area (Å²) in [5.74, 6) is -0.0113. The molecule has 0 bridgehead atoms. The van der Waals surface area contributed by atoms with Crippen molar-refractivity contribution in [3.8, 4) is 0 Å². The highest BCUT2D eigenvalue weighted by Gasteiger charge is 2.17. The van der Waals surface area contributed by atoms with Gasteiger partial charge in [-0.15, -0.1) is 0 Å². The molecule has 0 aliphatic rings. The first-order chi connectivity index (χ1) is 9.48. The second-order valence-electron chi connectivity index (χ2n) is 4.61. The first kappa shape index (κ1) is 15.2. The number of halogens is 1. The summed E-state index contributed by atoms with van der Waals surface area (Å²) < 4.78 is 27.9. The van der Waals surface area contributed by atoms with E-state index in [1.54, 1.807) is 0 Å². The molecule has 0 saturated carbocycles. The lowest BCUT2D eigenvalue weighted by Crippen LogP contribution is -2.28. The number of nitrogens with one attached hydrogen (secondary N) is 1. The van der Waals surface area contributed by atoms with Gasteiger partial charge in [-0.1, -0.05) is 64.5 Å². The van der Waals surface area contributed by atoms with Gasteiger partial charge in [0.25, 0.3) is 0 Å². The van der Waals surface area contributed by atoms with E-state index < -0.39 is 10.0 Å². The van der Waals surface area contributed by atoms with Crippen LogP contribution in [0.2, 0.25) is 0 Å². The van der Waals surface area contributed by atoms with E-state index in [0.29, 0.717) is 0 Å². The Morgan fingerprint density at radius 1 is 1.05 bits per heavy atom. The van der Waals surface area contributed by atoms with Gasteiger partial charge in [0.15, 0.2) is 0 Å². The molecule has 1 atom stereocenters. The zero-order valence-electron chi connectivity index (χ0n) is 11.1. The minimum absolute atomic E-state index is 0.0113. The molecule has 1 N–H and O–H groups in total. The molecule has 0 fully saturated rings. The number of sulfonamides is 1. The molecule has 0 aromatic heterocycles. The van der Waals surface area contributed by atoms with Gasteiger partial charge in [-0.05, 0) is 24.1 Å². The molecule has 0 spiro atoms. The molecule has 5 heteroatoms. The van der Waals surface area contributed by atoms with Crippen LogP contribution in [0.3, 0.4) is 0 Å². The lowest BCUT2D eigenvalue weighted by molar-refractivity contribution is 0.565. The van der Waals surface area contributed by atoms with E-state index in [0.717, 1.165) is 15.6 Å². The number of hydrogen-bond donors (Lipinski definition) is 1. The van der Waals surface area contributed by atoms with Crippen molar-refractivity contribution in [3.05, 3.63) is 70.2 Å². The second-order valence-corrected chi connectivity index (χ2v) is 7.21. The van der Waals surface area contributed by atoms with Crippen LogP contribution in [0.25, 0.3) is 0 Å². The maximum Gasteiger partial charge on any atom is 0.216 e. The van der Waals surface area contributed by atoms with Crippen LogP contribution in [0.1, 0.15) is 24.1 Å². The highest BCUT2D eigenvalue weighted by molar-refractivity contribution is 9.10. The fourth-order valence-electron chi connectivity index (χ4n) is 1.99. The van der Waals surface area contributed by atoms with E-state index in [1.165, 1.54) is 0 Å². The lowest BCUT2D eigenvalue weighted by atomic mass is 10.1. The molecular weight excluding hydrogens is 338 g/mol. The fourth-order valence-corrected chi connectivity index (χ4v) is 4.00. The topological polar surface area (TPSA) is 46.2 Å². The highest BCUT2D eigenvalue weighted by Crippen LogP contribution is 2.23. The van der Waals surface area contributed by atoms with E-state index in [4.69, 9.17) is 0 Å². The Hall–Kier alpha value is -1.17. The van der Waals surface area contributed by atoms with Crippen molar-refractivity contribution in [3.63, 3.8) is 0 Å². The third-order valence-corrected chi connectivity index (χ3v) is 5.08. The molecule has 1 unspecified atom stereocenters. The predicted octanol–water partition coefficient (Wildman–Crippen LogP) is 3.63. The molecule has 0 radical (unpaired) electrons. The minimum atomic E-state index is -3.37. The first-order valence-corrected chi connectivity index (χ1v) is 8.71. The Kier molecular flexibility index (Phi) is 4.96. The van der Waals surface area contributed by atoms with E-state index in [1.807, 2.05) is 61.5 Å². The second kappa shape index (κ2) is 6.52. The molecule has 2 aromatic rings. The largest absolute Gasteiger partial charge is 0.216 e. The van der Waals surface area contributed by atoms with Crippen LogP contribution in [0.4, 0.5) is 0 Å². The molecule has 0 saturated heterocycles. The summed E-state index contributed by atoms with van der Waals surface area (Å²) >= 11 is 3.44. The summed E-state index contributed by atoms with van der Waals surface area (Å²) in [6, 6.07) is 16.5. The minimum Gasteiger partial charge on any atom is -0.212 e. The summed E-state index contributed by atoms with van der Waals surface area (Å²) in [7, 11) is -3.37. The van der Waals surface area contributed by atoms with Gasteiger partial charge in [0.2, 0.25) is 10.0 Å². The zero-order chi connectivity index (χ0) is 14.6. The van der Waals surface area contributed by atoms with E-state index in [9.17, 15) is 8.42 Å². The summed E-state index contributed by atoms with van der Waals surface area (Å²) in [6.07, 6.45) is 0. The predicted molar refractivity (Wildman–Crippen MR) is 84.8 cm³/mol. The maximum absolute atomic E-state index is 12.2. The normalized spacial score (nSPS) is 13.1. The van der Waals surface area contributed by atoms with E-state index >= 15 is 0 Å². The molecule has 0 aliphatic heterocycles. The van der Waals surface area contributed by atoms with Crippen LogP contribution in [-0.4, -0.2) is 8.42 Å². The highest BCUT2D eigenvalue weighted by atomic mass is 79.9. The quantitative estimate of drug-likeness (QED) is 0.891. The molecule has 0 heterocycles. The van der Waals surface area contributed by atoms with Gasteiger partial charge in [0, 0.05) is 10.5 Å². The van der Waals surface area contributed by atoms with Crippen LogP contribution >= 0.6 is 15.9 Å².